The molecule has 0 spiro atoms. The van der Waals surface area contributed by atoms with Gasteiger partial charge in [-0.05, 0) is 63.2 Å². The largest absolute Gasteiger partial charge is 0.484 e. The van der Waals surface area contributed by atoms with E-state index >= 15 is 0 Å². The van der Waals surface area contributed by atoms with Crippen molar-refractivity contribution in [3.63, 3.8) is 0 Å². The second kappa shape index (κ2) is 10.3. The van der Waals surface area contributed by atoms with E-state index in [1.54, 1.807) is 56.0 Å². The SMILES string of the molecule is CC(C)(C)OC(=O)Nc1ccc(OCC(=O)N2CCN(c3ccc(Cl)c(Cl)c3)CC2)cc1. The predicted molar refractivity (Wildman–Crippen MR) is 127 cm³/mol. The Hall–Kier alpha value is -2.64. The fourth-order valence-corrected chi connectivity index (χ4v) is 3.48. The molecule has 0 atom stereocenters. The van der Waals surface area contributed by atoms with Crippen LogP contribution in [0.1, 0.15) is 20.8 Å². The average Bonchev–Trinajstić information content (AvgIpc) is 2.74. The van der Waals surface area contributed by atoms with Crippen molar-refractivity contribution in [2.75, 3.05) is 43.0 Å². The van der Waals surface area contributed by atoms with Gasteiger partial charge in [0.25, 0.3) is 5.91 Å². The molecule has 1 heterocycles. The van der Waals surface area contributed by atoms with E-state index in [-0.39, 0.29) is 12.5 Å². The van der Waals surface area contributed by atoms with Crippen LogP contribution < -0.4 is 15.0 Å². The Bertz CT molecular complexity index is 953. The zero-order valence-electron chi connectivity index (χ0n) is 18.4. The second-order valence-electron chi connectivity index (χ2n) is 8.41. The molecule has 1 aliphatic heterocycles. The number of benzene rings is 2. The van der Waals surface area contributed by atoms with E-state index in [4.69, 9.17) is 32.7 Å². The number of carbonyl (C=O) groups excluding carboxylic acids is 2. The zero-order valence-corrected chi connectivity index (χ0v) is 19.9. The van der Waals surface area contributed by atoms with Crippen LogP contribution in [0.3, 0.4) is 0 Å². The molecule has 2 aromatic carbocycles. The topological polar surface area (TPSA) is 71.1 Å². The molecular weight excluding hydrogens is 453 g/mol. The molecule has 2 aromatic rings. The summed E-state index contributed by atoms with van der Waals surface area (Å²) in [5.74, 6) is 0.470. The molecule has 1 N–H and O–H groups in total. The molecule has 0 radical (unpaired) electrons. The number of anilines is 2. The first-order valence-electron chi connectivity index (χ1n) is 10.3. The Kier molecular flexibility index (Phi) is 7.74. The first kappa shape index (κ1) is 24.0. The van der Waals surface area contributed by atoms with Crippen molar-refractivity contribution >= 4 is 46.6 Å². The van der Waals surface area contributed by atoms with Crippen LogP contribution in [0.25, 0.3) is 0 Å². The molecule has 0 bridgehead atoms. The van der Waals surface area contributed by atoms with Gasteiger partial charge in [-0.3, -0.25) is 10.1 Å². The van der Waals surface area contributed by atoms with Crippen molar-refractivity contribution in [3.05, 3.63) is 52.5 Å². The number of hydrogen-bond acceptors (Lipinski definition) is 5. The van der Waals surface area contributed by atoms with E-state index in [1.807, 2.05) is 12.1 Å². The summed E-state index contributed by atoms with van der Waals surface area (Å²) in [5, 5.41) is 3.69. The summed E-state index contributed by atoms with van der Waals surface area (Å²) < 4.78 is 10.8. The molecule has 0 aromatic heterocycles. The maximum Gasteiger partial charge on any atom is 0.412 e. The van der Waals surface area contributed by atoms with E-state index in [2.05, 4.69) is 10.2 Å². The molecule has 3 rings (SSSR count). The van der Waals surface area contributed by atoms with Crippen LogP contribution in [-0.4, -0.2) is 55.3 Å². The smallest absolute Gasteiger partial charge is 0.412 e. The van der Waals surface area contributed by atoms with Crippen LogP contribution in [0.15, 0.2) is 42.5 Å². The molecule has 7 nitrogen and oxygen atoms in total. The molecule has 9 heteroatoms. The number of carbonyl (C=O) groups is 2. The lowest BCUT2D eigenvalue weighted by Gasteiger charge is -2.36. The average molecular weight is 480 g/mol. The van der Waals surface area contributed by atoms with Crippen molar-refractivity contribution in [1.29, 1.82) is 0 Å². The highest BCUT2D eigenvalue weighted by Gasteiger charge is 2.22. The monoisotopic (exact) mass is 479 g/mol. The van der Waals surface area contributed by atoms with E-state index in [0.29, 0.717) is 47.7 Å². The number of rotatable bonds is 5. The quantitative estimate of drug-likeness (QED) is 0.647. The van der Waals surface area contributed by atoms with E-state index in [9.17, 15) is 9.59 Å². The molecule has 1 saturated heterocycles. The molecule has 0 unspecified atom stereocenters. The van der Waals surface area contributed by atoms with Gasteiger partial charge in [0.2, 0.25) is 0 Å². The van der Waals surface area contributed by atoms with Gasteiger partial charge in [0, 0.05) is 37.6 Å². The van der Waals surface area contributed by atoms with E-state index in [1.165, 1.54) is 0 Å². The third-order valence-electron chi connectivity index (χ3n) is 4.76. The summed E-state index contributed by atoms with van der Waals surface area (Å²) in [7, 11) is 0. The minimum atomic E-state index is -0.569. The number of ether oxygens (including phenoxy) is 2. The number of amides is 2. The Morgan fingerprint density at radius 3 is 2.22 bits per heavy atom. The highest BCUT2D eigenvalue weighted by Crippen LogP contribution is 2.27. The third kappa shape index (κ3) is 6.93. The Labute approximate surface area is 198 Å². The number of halogens is 2. The van der Waals surface area contributed by atoms with Gasteiger partial charge in [-0.2, -0.15) is 0 Å². The van der Waals surface area contributed by atoms with Crippen LogP contribution in [-0.2, 0) is 9.53 Å². The first-order valence-corrected chi connectivity index (χ1v) is 11.1. The van der Waals surface area contributed by atoms with E-state index in [0.717, 1.165) is 5.69 Å². The van der Waals surface area contributed by atoms with Gasteiger partial charge in [0.05, 0.1) is 10.0 Å². The molecule has 2 amide bonds. The van der Waals surface area contributed by atoms with Crippen molar-refractivity contribution in [2.45, 2.75) is 26.4 Å². The summed E-state index contributed by atoms with van der Waals surface area (Å²) in [6.07, 6.45) is -0.527. The number of nitrogens with one attached hydrogen (secondary N) is 1. The highest BCUT2D eigenvalue weighted by atomic mass is 35.5. The van der Waals surface area contributed by atoms with Crippen LogP contribution in [0.4, 0.5) is 16.2 Å². The standard InChI is InChI=1S/C23H27Cl2N3O4/c1-23(2,3)32-22(30)26-16-4-7-18(8-5-16)31-15-21(29)28-12-10-27(11-13-28)17-6-9-19(24)20(25)14-17/h4-9,14H,10-13,15H2,1-3H3,(H,26,30). The van der Waals surface area contributed by atoms with Crippen molar-refractivity contribution in [3.8, 4) is 5.75 Å². The van der Waals surface area contributed by atoms with Crippen molar-refractivity contribution < 1.29 is 19.1 Å². The Morgan fingerprint density at radius 1 is 0.969 bits per heavy atom. The van der Waals surface area contributed by atoms with Gasteiger partial charge in [-0.25, -0.2) is 4.79 Å². The molecule has 1 fully saturated rings. The maximum atomic E-state index is 12.5. The van der Waals surface area contributed by atoms with Crippen LogP contribution in [0, 0.1) is 0 Å². The third-order valence-corrected chi connectivity index (χ3v) is 5.50. The maximum absolute atomic E-state index is 12.5. The number of piperazine rings is 1. The molecule has 32 heavy (non-hydrogen) atoms. The molecular formula is C23H27Cl2N3O4. The van der Waals surface area contributed by atoms with Crippen molar-refractivity contribution in [2.24, 2.45) is 0 Å². The fourth-order valence-electron chi connectivity index (χ4n) is 3.19. The summed E-state index contributed by atoms with van der Waals surface area (Å²) in [6, 6.07) is 12.3. The summed E-state index contributed by atoms with van der Waals surface area (Å²) in [4.78, 5) is 28.3. The summed E-state index contributed by atoms with van der Waals surface area (Å²) in [6.45, 7) is 7.95. The summed E-state index contributed by atoms with van der Waals surface area (Å²) >= 11 is 12.1. The second-order valence-corrected chi connectivity index (χ2v) is 9.22. The van der Waals surface area contributed by atoms with Gasteiger partial charge >= 0.3 is 6.09 Å². The Morgan fingerprint density at radius 2 is 1.62 bits per heavy atom. The fraction of sp³-hybridized carbons (Fsp3) is 0.391. The van der Waals surface area contributed by atoms with Crippen molar-refractivity contribution in [1.82, 2.24) is 4.90 Å². The van der Waals surface area contributed by atoms with Gasteiger partial charge in [-0.15, -0.1) is 0 Å². The normalized spacial score (nSPS) is 14.2. The lowest BCUT2D eigenvalue weighted by molar-refractivity contribution is -0.133. The number of hydrogen-bond donors (Lipinski definition) is 1. The molecule has 0 aliphatic carbocycles. The lowest BCUT2D eigenvalue weighted by Crippen LogP contribution is -2.50. The van der Waals surface area contributed by atoms with Gasteiger partial charge < -0.3 is 19.3 Å². The molecule has 1 aliphatic rings. The summed E-state index contributed by atoms with van der Waals surface area (Å²) in [5.41, 5.74) is 1.00. The van der Waals surface area contributed by atoms with E-state index < -0.39 is 11.7 Å². The highest BCUT2D eigenvalue weighted by molar-refractivity contribution is 6.42. The van der Waals surface area contributed by atoms with Crippen LogP contribution in [0.5, 0.6) is 5.75 Å². The van der Waals surface area contributed by atoms with Gasteiger partial charge in [0.1, 0.15) is 11.4 Å². The van der Waals surface area contributed by atoms with Gasteiger partial charge in [-0.1, -0.05) is 23.2 Å². The Balaban J connectivity index is 1.44. The zero-order chi connectivity index (χ0) is 23.3. The van der Waals surface area contributed by atoms with Crippen LogP contribution in [0.2, 0.25) is 10.0 Å². The number of nitrogens with zero attached hydrogens (tertiary/aromatic N) is 2. The molecule has 172 valence electrons. The van der Waals surface area contributed by atoms with Gasteiger partial charge in [0.15, 0.2) is 6.61 Å². The molecule has 0 saturated carbocycles. The minimum absolute atomic E-state index is 0.0500. The first-order chi connectivity index (χ1) is 15.1. The lowest BCUT2D eigenvalue weighted by atomic mass is 10.2. The minimum Gasteiger partial charge on any atom is -0.484 e. The predicted octanol–water partition coefficient (Wildman–Crippen LogP) is 5.07. The van der Waals surface area contributed by atoms with Crippen LogP contribution >= 0.6 is 23.2 Å².